The Morgan fingerprint density at radius 1 is 1.21 bits per heavy atom. The molecular formula is C18H16BrN3O2. The molecule has 0 bridgehead atoms. The second-order valence-electron chi connectivity index (χ2n) is 5.28. The molecule has 2 N–H and O–H groups in total. The highest BCUT2D eigenvalue weighted by molar-refractivity contribution is 9.10. The van der Waals surface area contributed by atoms with Crippen molar-refractivity contribution in [3.8, 4) is 0 Å². The van der Waals surface area contributed by atoms with Gasteiger partial charge in [0.1, 0.15) is 11.5 Å². The van der Waals surface area contributed by atoms with Crippen LogP contribution < -0.4 is 10.6 Å². The molecule has 1 aromatic carbocycles. The van der Waals surface area contributed by atoms with Gasteiger partial charge in [-0.25, -0.2) is 0 Å². The first-order chi connectivity index (χ1) is 11.6. The van der Waals surface area contributed by atoms with E-state index in [1.807, 2.05) is 37.3 Å². The SMILES string of the molecule is Cc1cc(Nc2ccnc(C(=O)NCc3ccco3)c2)ccc1Br. The number of benzene rings is 1. The number of aryl methyl sites for hydroxylation is 1. The van der Waals surface area contributed by atoms with Crippen molar-refractivity contribution in [3.05, 3.63) is 76.4 Å². The van der Waals surface area contributed by atoms with E-state index in [1.54, 1.807) is 24.6 Å². The summed E-state index contributed by atoms with van der Waals surface area (Å²) in [7, 11) is 0. The minimum absolute atomic E-state index is 0.248. The summed E-state index contributed by atoms with van der Waals surface area (Å²) in [6.07, 6.45) is 3.18. The van der Waals surface area contributed by atoms with E-state index in [0.29, 0.717) is 18.0 Å². The zero-order valence-corrected chi connectivity index (χ0v) is 14.6. The number of nitrogens with zero attached hydrogens (tertiary/aromatic N) is 1. The molecule has 0 aliphatic carbocycles. The Hall–Kier alpha value is -2.60. The largest absolute Gasteiger partial charge is 0.467 e. The van der Waals surface area contributed by atoms with Crippen LogP contribution in [0, 0.1) is 6.92 Å². The molecule has 0 atom stereocenters. The zero-order chi connectivity index (χ0) is 16.9. The highest BCUT2D eigenvalue weighted by Crippen LogP contribution is 2.23. The van der Waals surface area contributed by atoms with Gasteiger partial charge in [-0.1, -0.05) is 15.9 Å². The molecule has 0 aliphatic heterocycles. The molecule has 2 heterocycles. The number of halogens is 1. The van der Waals surface area contributed by atoms with Gasteiger partial charge in [-0.3, -0.25) is 9.78 Å². The van der Waals surface area contributed by atoms with E-state index >= 15 is 0 Å². The van der Waals surface area contributed by atoms with E-state index in [4.69, 9.17) is 4.42 Å². The van der Waals surface area contributed by atoms with Crippen LogP contribution in [0.15, 0.2) is 63.8 Å². The molecule has 2 aromatic heterocycles. The summed E-state index contributed by atoms with van der Waals surface area (Å²) in [6.45, 7) is 2.35. The molecule has 122 valence electrons. The van der Waals surface area contributed by atoms with Crippen LogP contribution in [0.25, 0.3) is 0 Å². The minimum atomic E-state index is -0.248. The first kappa shape index (κ1) is 16.3. The number of furan rings is 1. The second-order valence-corrected chi connectivity index (χ2v) is 6.14. The van der Waals surface area contributed by atoms with Gasteiger partial charge in [0.25, 0.3) is 5.91 Å². The average molecular weight is 386 g/mol. The van der Waals surface area contributed by atoms with Crippen LogP contribution in [0.5, 0.6) is 0 Å². The van der Waals surface area contributed by atoms with Gasteiger partial charge in [0.15, 0.2) is 0 Å². The van der Waals surface area contributed by atoms with Gasteiger partial charge in [0.2, 0.25) is 0 Å². The van der Waals surface area contributed by atoms with Crippen LogP contribution in [0.1, 0.15) is 21.8 Å². The van der Waals surface area contributed by atoms with Crippen molar-refractivity contribution in [2.24, 2.45) is 0 Å². The number of carbonyl (C=O) groups excluding carboxylic acids is 1. The van der Waals surface area contributed by atoms with Gasteiger partial charge in [-0.15, -0.1) is 0 Å². The molecule has 5 nitrogen and oxygen atoms in total. The van der Waals surface area contributed by atoms with Crippen LogP contribution in [-0.4, -0.2) is 10.9 Å². The van der Waals surface area contributed by atoms with Crippen LogP contribution in [0.2, 0.25) is 0 Å². The maximum absolute atomic E-state index is 12.2. The summed E-state index contributed by atoms with van der Waals surface area (Å²) >= 11 is 3.48. The lowest BCUT2D eigenvalue weighted by Gasteiger charge is -2.09. The fourth-order valence-corrected chi connectivity index (χ4v) is 2.44. The highest BCUT2D eigenvalue weighted by atomic mass is 79.9. The quantitative estimate of drug-likeness (QED) is 0.681. The van der Waals surface area contributed by atoms with E-state index in [-0.39, 0.29) is 5.91 Å². The smallest absolute Gasteiger partial charge is 0.270 e. The molecule has 0 aliphatic rings. The lowest BCUT2D eigenvalue weighted by molar-refractivity contribution is 0.0943. The minimum Gasteiger partial charge on any atom is -0.467 e. The first-order valence-corrected chi connectivity index (χ1v) is 8.21. The predicted molar refractivity (Wildman–Crippen MR) is 96.3 cm³/mol. The standard InChI is InChI=1S/C18H16BrN3O2/c1-12-9-13(4-5-16(12)19)22-14-6-7-20-17(10-14)18(23)21-11-15-3-2-8-24-15/h2-10H,11H2,1H3,(H,20,22)(H,21,23). The van der Waals surface area contributed by atoms with Crippen LogP contribution in [0.4, 0.5) is 11.4 Å². The van der Waals surface area contributed by atoms with E-state index in [9.17, 15) is 4.79 Å². The summed E-state index contributed by atoms with van der Waals surface area (Å²) in [5.74, 6) is 0.449. The van der Waals surface area contributed by atoms with Crippen molar-refractivity contribution in [2.45, 2.75) is 13.5 Å². The summed E-state index contributed by atoms with van der Waals surface area (Å²) in [5.41, 5.74) is 3.23. The molecular weight excluding hydrogens is 370 g/mol. The first-order valence-electron chi connectivity index (χ1n) is 7.41. The van der Waals surface area contributed by atoms with Gasteiger partial charge < -0.3 is 15.1 Å². The van der Waals surface area contributed by atoms with Gasteiger partial charge in [-0.05, 0) is 55.0 Å². The van der Waals surface area contributed by atoms with Gasteiger partial charge in [-0.2, -0.15) is 0 Å². The number of rotatable bonds is 5. The molecule has 0 unspecified atom stereocenters. The number of aromatic nitrogens is 1. The summed E-state index contributed by atoms with van der Waals surface area (Å²) in [6, 6.07) is 13.1. The predicted octanol–water partition coefficient (Wildman–Crippen LogP) is 4.42. The van der Waals surface area contributed by atoms with Gasteiger partial charge >= 0.3 is 0 Å². The maximum Gasteiger partial charge on any atom is 0.270 e. The number of amides is 1. The van der Waals surface area contributed by atoms with Crippen molar-refractivity contribution >= 4 is 33.2 Å². The number of nitrogens with one attached hydrogen (secondary N) is 2. The van der Waals surface area contributed by atoms with E-state index < -0.39 is 0 Å². The molecule has 3 rings (SSSR count). The summed E-state index contributed by atoms with van der Waals surface area (Å²) < 4.78 is 6.25. The Kier molecular flexibility index (Phi) is 4.96. The summed E-state index contributed by atoms with van der Waals surface area (Å²) in [4.78, 5) is 16.3. The number of pyridine rings is 1. The Bertz CT molecular complexity index is 847. The Balaban J connectivity index is 1.68. The normalized spacial score (nSPS) is 10.4. The van der Waals surface area contributed by atoms with Crippen molar-refractivity contribution in [1.29, 1.82) is 0 Å². The third-order valence-electron chi connectivity index (χ3n) is 3.44. The molecule has 1 amide bonds. The molecule has 0 saturated heterocycles. The number of carbonyl (C=O) groups is 1. The van der Waals surface area contributed by atoms with Crippen molar-refractivity contribution in [2.75, 3.05) is 5.32 Å². The molecule has 0 radical (unpaired) electrons. The molecule has 3 aromatic rings. The molecule has 0 saturated carbocycles. The Morgan fingerprint density at radius 3 is 2.79 bits per heavy atom. The zero-order valence-electron chi connectivity index (χ0n) is 13.0. The van der Waals surface area contributed by atoms with Crippen LogP contribution in [0.3, 0.4) is 0 Å². The van der Waals surface area contributed by atoms with Gasteiger partial charge in [0, 0.05) is 22.0 Å². The van der Waals surface area contributed by atoms with Gasteiger partial charge in [0.05, 0.1) is 12.8 Å². The van der Waals surface area contributed by atoms with E-state index in [1.165, 1.54) is 0 Å². The fraction of sp³-hybridized carbons (Fsp3) is 0.111. The van der Waals surface area contributed by atoms with Crippen LogP contribution in [-0.2, 0) is 6.54 Å². The lowest BCUT2D eigenvalue weighted by atomic mass is 10.2. The van der Waals surface area contributed by atoms with Crippen molar-refractivity contribution < 1.29 is 9.21 Å². The summed E-state index contributed by atoms with van der Waals surface area (Å²) in [5, 5.41) is 6.06. The topological polar surface area (TPSA) is 67.2 Å². The molecule has 0 fully saturated rings. The average Bonchev–Trinajstić information content (AvgIpc) is 3.10. The third kappa shape index (κ3) is 4.02. The monoisotopic (exact) mass is 385 g/mol. The number of hydrogen-bond donors (Lipinski definition) is 2. The number of hydrogen-bond acceptors (Lipinski definition) is 4. The van der Waals surface area contributed by atoms with Crippen LogP contribution >= 0.6 is 15.9 Å². The lowest BCUT2D eigenvalue weighted by Crippen LogP contribution is -2.23. The number of anilines is 2. The molecule has 24 heavy (non-hydrogen) atoms. The Labute approximate surface area is 148 Å². The third-order valence-corrected chi connectivity index (χ3v) is 4.33. The fourth-order valence-electron chi connectivity index (χ4n) is 2.19. The van der Waals surface area contributed by atoms with Crippen molar-refractivity contribution in [3.63, 3.8) is 0 Å². The highest BCUT2D eigenvalue weighted by Gasteiger charge is 2.09. The van der Waals surface area contributed by atoms with E-state index in [0.717, 1.165) is 21.4 Å². The molecule has 6 heteroatoms. The second kappa shape index (κ2) is 7.31. The van der Waals surface area contributed by atoms with E-state index in [2.05, 4.69) is 31.5 Å². The van der Waals surface area contributed by atoms with Crippen molar-refractivity contribution in [1.82, 2.24) is 10.3 Å². The maximum atomic E-state index is 12.2. The Morgan fingerprint density at radius 2 is 2.04 bits per heavy atom. The molecule has 0 spiro atoms.